The highest BCUT2D eigenvalue weighted by atomic mass is 16.1. The maximum absolute atomic E-state index is 11.2. The second kappa shape index (κ2) is 4.50. The van der Waals surface area contributed by atoms with Crippen LogP contribution in [-0.4, -0.2) is 38.0 Å². The molecule has 0 aliphatic rings. The van der Waals surface area contributed by atoms with E-state index in [9.17, 15) is 4.79 Å². The van der Waals surface area contributed by atoms with Gasteiger partial charge in [0.2, 0.25) is 0 Å². The first-order chi connectivity index (χ1) is 4.95. The fourth-order valence-electron chi connectivity index (χ4n) is 0.982. The number of hydrogen-bond acceptors (Lipinski definition) is 1. The summed E-state index contributed by atoms with van der Waals surface area (Å²) in [6, 6.07) is 0. The molecule has 0 amide bonds. The van der Waals surface area contributed by atoms with Crippen molar-refractivity contribution in [2.75, 3.05) is 27.7 Å². The third-order valence-electron chi connectivity index (χ3n) is 1.46. The lowest BCUT2D eigenvalue weighted by molar-refractivity contribution is -0.862. The van der Waals surface area contributed by atoms with Gasteiger partial charge in [0.1, 0.15) is 6.54 Å². The molecular weight excluding hydrogens is 138 g/mol. The van der Waals surface area contributed by atoms with E-state index >= 15 is 0 Å². The minimum absolute atomic E-state index is 0.388. The zero-order valence-corrected chi connectivity index (χ0v) is 8.18. The topological polar surface area (TPSA) is 17.1 Å². The van der Waals surface area contributed by atoms with Crippen LogP contribution in [0, 0.1) is 0 Å². The highest BCUT2D eigenvalue weighted by Crippen LogP contribution is 1.98. The number of ketones is 1. The van der Waals surface area contributed by atoms with E-state index in [2.05, 4.69) is 6.92 Å². The minimum Gasteiger partial charge on any atom is -0.325 e. The van der Waals surface area contributed by atoms with Gasteiger partial charge < -0.3 is 4.48 Å². The second-order valence-electron chi connectivity index (χ2n) is 4.09. The average molecular weight is 158 g/mol. The SMILES string of the molecule is CCCCC(=O)C[N+](C)(C)C. The Morgan fingerprint density at radius 1 is 1.27 bits per heavy atom. The van der Waals surface area contributed by atoms with E-state index in [1.54, 1.807) is 0 Å². The molecule has 0 aromatic heterocycles. The molecule has 2 nitrogen and oxygen atoms in total. The van der Waals surface area contributed by atoms with Crippen LogP contribution in [0.2, 0.25) is 0 Å². The Hall–Kier alpha value is -0.370. The highest BCUT2D eigenvalue weighted by Gasteiger charge is 2.12. The van der Waals surface area contributed by atoms with Gasteiger partial charge in [-0.3, -0.25) is 4.79 Å². The summed E-state index contributed by atoms with van der Waals surface area (Å²) in [5.41, 5.74) is 0. The molecule has 0 saturated heterocycles. The summed E-state index contributed by atoms with van der Waals surface area (Å²) in [6.45, 7) is 2.78. The number of carbonyl (C=O) groups excluding carboxylic acids is 1. The summed E-state index contributed by atoms with van der Waals surface area (Å²) in [6.07, 6.45) is 2.91. The molecule has 0 spiro atoms. The molecule has 0 fully saturated rings. The summed E-state index contributed by atoms with van der Waals surface area (Å²) in [5, 5.41) is 0. The Morgan fingerprint density at radius 3 is 2.18 bits per heavy atom. The third-order valence-corrected chi connectivity index (χ3v) is 1.46. The van der Waals surface area contributed by atoms with E-state index < -0.39 is 0 Å². The Balaban J connectivity index is 3.53. The Kier molecular flexibility index (Phi) is 4.34. The molecule has 0 saturated carbocycles. The molecule has 2 heteroatoms. The quantitative estimate of drug-likeness (QED) is 0.553. The van der Waals surface area contributed by atoms with Gasteiger partial charge in [-0.25, -0.2) is 0 Å². The number of carbonyl (C=O) groups is 1. The van der Waals surface area contributed by atoms with Gasteiger partial charge >= 0.3 is 0 Å². The van der Waals surface area contributed by atoms with Gasteiger partial charge in [-0.05, 0) is 6.42 Å². The fourth-order valence-corrected chi connectivity index (χ4v) is 0.982. The van der Waals surface area contributed by atoms with E-state index in [-0.39, 0.29) is 0 Å². The van der Waals surface area contributed by atoms with Gasteiger partial charge in [-0.2, -0.15) is 0 Å². The molecule has 0 heterocycles. The fraction of sp³-hybridized carbons (Fsp3) is 0.889. The monoisotopic (exact) mass is 158 g/mol. The molecule has 66 valence electrons. The molecule has 0 atom stereocenters. The van der Waals surface area contributed by atoms with E-state index in [1.807, 2.05) is 21.1 Å². The van der Waals surface area contributed by atoms with Gasteiger partial charge in [-0.1, -0.05) is 13.3 Å². The Bertz CT molecular complexity index is 124. The van der Waals surface area contributed by atoms with Crippen molar-refractivity contribution in [1.82, 2.24) is 0 Å². The molecule has 0 rings (SSSR count). The number of unbranched alkanes of at least 4 members (excludes halogenated alkanes) is 1. The largest absolute Gasteiger partial charge is 0.325 e. The summed E-state index contributed by atoms with van der Waals surface area (Å²) < 4.78 is 0.753. The molecule has 0 unspecified atom stereocenters. The van der Waals surface area contributed by atoms with Crippen LogP contribution in [0.25, 0.3) is 0 Å². The third kappa shape index (κ3) is 7.53. The minimum atomic E-state index is 0.388. The van der Waals surface area contributed by atoms with Gasteiger partial charge in [0.05, 0.1) is 21.1 Å². The summed E-state index contributed by atoms with van der Waals surface area (Å²) in [4.78, 5) is 11.2. The zero-order chi connectivity index (χ0) is 8.91. The van der Waals surface area contributed by atoms with E-state index in [0.29, 0.717) is 12.3 Å². The van der Waals surface area contributed by atoms with Crippen molar-refractivity contribution < 1.29 is 9.28 Å². The number of Topliss-reactive ketones (excluding diaryl/α,β-unsaturated/α-hetero) is 1. The Labute approximate surface area is 69.8 Å². The highest BCUT2D eigenvalue weighted by molar-refractivity contribution is 5.79. The van der Waals surface area contributed by atoms with Crippen molar-refractivity contribution in [3.05, 3.63) is 0 Å². The summed E-state index contributed by atoms with van der Waals surface area (Å²) >= 11 is 0. The van der Waals surface area contributed by atoms with Crippen LogP contribution in [-0.2, 0) is 4.79 Å². The van der Waals surface area contributed by atoms with Gasteiger partial charge in [0.25, 0.3) is 0 Å². The van der Waals surface area contributed by atoms with Crippen molar-refractivity contribution in [2.45, 2.75) is 26.2 Å². The molecule has 0 aliphatic carbocycles. The molecule has 0 aromatic carbocycles. The summed E-state index contributed by atoms with van der Waals surface area (Å²) in [7, 11) is 6.14. The zero-order valence-electron chi connectivity index (χ0n) is 8.18. The van der Waals surface area contributed by atoms with Crippen LogP contribution >= 0.6 is 0 Å². The normalized spacial score (nSPS) is 11.6. The summed E-state index contributed by atoms with van der Waals surface area (Å²) in [5.74, 6) is 0.388. The average Bonchev–Trinajstić information content (AvgIpc) is 1.79. The molecule has 0 aliphatic heterocycles. The number of likely N-dealkylation sites (N-methyl/N-ethyl adjacent to an activating group) is 1. The van der Waals surface area contributed by atoms with E-state index in [4.69, 9.17) is 0 Å². The van der Waals surface area contributed by atoms with Gasteiger partial charge in [0, 0.05) is 6.42 Å². The maximum atomic E-state index is 11.2. The molecule has 0 radical (unpaired) electrons. The smallest absolute Gasteiger partial charge is 0.186 e. The van der Waals surface area contributed by atoms with Gasteiger partial charge in [-0.15, -0.1) is 0 Å². The van der Waals surface area contributed by atoms with Crippen molar-refractivity contribution in [3.8, 4) is 0 Å². The van der Waals surface area contributed by atoms with E-state index in [0.717, 1.165) is 23.7 Å². The van der Waals surface area contributed by atoms with Crippen molar-refractivity contribution in [2.24, 2.45) is 0 Å². The predicted molar refractivity (Wildman–Crippen MR) is 47.4 cm³/mol. The first kappa shape index (κ1) is 10.6. The van der Waals surface area contributed by atoms with Crippen molar-refractivity contribution in [3.63, 3.8) is 0 Å². The number of nitrogens with zero attached hydrogens (tertiary/aromatic N) is 1. The lowest BCUT2D eigenvalue weighted by Crippen LogP contribution is -2.39. The van der Waals surface area contributed by atoms with Crippen LogP contribution in [0.3, 0.4) is 0 Å². The maximum Gasteiger partial charge on any atom is 0.186 e. The van der Waals surface area contributed by atoms with Crippen LogP contribution in [0.1, 0.15) is 26.2 Å². The molecule has 0 N–H and O–H groups in total. The number of rotatable bonds is 5. The van der Waals surface area contributed by atoms with Crippen LogP contribution in [0.5, 0.6) is 0 Å². The lowest BCUT2D eigenvalue weighted by Gasteiger charge is -2.22. The number of hydrogen-bond donors (Lipinski definition) is 0. The first-order valence-corrected chi connectivity index (χ1v) is 4.28. The van der Waals surface area contributed by atoms with Crippen molar-refractivity contribution in [1.29, 1.82) is 0 Å². The van der Waals surface area contributed by atoms with E-state index in [1.165, 1.54) is 0 Å². The standard InChI is InChI=1S/C9H20NO/c1-5-6-7-9(11)8-10(2,3)4/h5-8H2,1-4H3/q+1. The van der Waals surface area contributed by atoms with Crippen LogP contribution in [0.15, 0.2) is 0 Å². The van der Waals surface area contributed by atoms with Crippen LogP contribution < -0.4 is 0 Å². The molecule has 0 aromatic rings. The first-order valence-electron chi connectivity index (χ1n) is 4.28. The van der Waals surface area contributed by atoms with Gasteiger partial charge in [0.15, 0.2) is 5.78 Å². The molecule has 0 bridgehead atoms. The molecule has 11 heavy (non-hydrogen) atoms. The molecular formula is C9H20NO+. The lowest BCUT2D eigenvalue weighted by atomic mass is 10.2. The predicted octanol–water partition coefficient (Wildman–Crippen LogP) is 1.45. The Morgan fingerprint density at radius 2 is 1.82 bits per heavy atom. The van der Waals surface area contributed by atoms with Crippen LogP contribution in [0.4, 0.5) is 0 Å². The second-order valence-corrected chi connectivity index (χ2v) is 4.09. The van der Waals surface area contributed by atoms with Crippen molar-refractivity contribution >= 4 is 5.78 Å². The number of quaternary nitrogens is 1.